The molecule has 0 aliphatic heterocycles. The van der Waals surface area contributed by atoms with Crippen LogP contribution in [0.4, 0.5) is 0 Å². The highest BCUT2D eigenvalue weighted by atomic mass is 28.3. The molecular weight excluding hydrogens is 272 g/mol. The summed E-state index contributed by atoms with van der Waals surface area (Å²) in [5.74, 6) is 0. The Morgan fingerprint density at radius 2 is 1.79 bits per heavy atom. The molecular formula is C11H22N6Si2. The van der Waals surface area contributed by atoms with Gasteiger partial charge >= 0.3 is 0 Å². The molecule has 104 valence electrons. The van der Waals surface area contributed by atoms with Crippen molar-refractivity contribution in [3.05, 3.63) is 12.4 Å². The first-order valence-corrected chi connectivity index (χ1v) is 13.3. The molecule has 0 aromatic carbocycles. The Bertz CT molecular complexity index is 587. The Morgan fingerprint density at radius 1 is 1.16 bits per heavy atom. The van der Waals surface area contributed by atoms with E-state index in [2.05, 4.69) is 61.0 Å². The van der Waals surface area contributed by atoms with Crippen molar-refractivity contribution >= 4 is 16.5 Å². The van der Waals surface area contributed by atoms with Gasteiger partial charge in [0, 0.05) is 11.9 Å². The lowest BCUT2D eigenvalue weighted by molar-refractivity contribution is -0.618. The first kappa shape index (κ1) is 14.1. The van der Waals surface area contributed by atoms with Gasteiger partial charge in [0.25, 0.3) is 8.24 Å². The molecule has 0 aliphatic carbocycles. The first-order valence-electron chi connectivity index (χ1n) is 6.41. The van der Waals surface area contributed by atoms with Crippen molar-refractivity contribution in [2.45, 2.75) is 39.3 Å². The van der Waals surface area contributed by atoms with Gasteiger partial charge in [0.2, 0.25) is 0 Å². The summed E-state index contributed by atoms with van der Waals surface area (Å²) in [6, 6.07) is 0. The standard InChI is InChI=1S/C11H22N6Si2/c1-15-11(9-17(14-15)19(5,6)7)10-8-16(13-12-10)18(2,3)4/h8H,1-7H3. The maximum absolute atomic E-state index is 4.50. The van der Waals surface area contributed by atoms with E-state index >= 15 is 0 Å². The molecule has 6 nitrogen and oxygen atoms in total. The van der Waals surface area contributed by atoms with Crippen LogP contribution in [0.25, 0.3) is 11.4 Å². The van der Waals surface area contributed by atoms with Crippen molar-refractivity contribution < 1.29 is 4.35 Å². The largest absolute Gasteiger partial charge is 0.300 e. The number of aromatic nitrogens is 6. The second-order valence-electron chi connectivity index (χ2n) is 6.78. The van der Waals surface area contributed by atoms with Crippen molar-refractivity contribution in [1.29, 1.82) is 0 Å². The van der Waals surface area contributed by atoms with Gasteiger partial charge in [-0.25, -0.2) is 5.10 Å². The fourth-order valence-electron chi connectivity index (χ4n) is 1.60. The number of hydrogen-bond acceptors (Lipinski definition) is 3. The van der Waals surface area contributed by atoms with Gasteiger partial charge < -0.3 is 4.35 Å². The number of rotatable bonds is 3. The maximum atomic E-state index is 4.50. The average Bonchev–Trinajstić information content (AvgIpc) is 2.80. The van der Waals surface area contributed by atoms with Crippen LogP contribution in [-0.4, -0.2) is 41.0 Å². The Labute approximate surface area is 116 Å². The van der Waals surface area contributed by atoms with Crippen molar-refractivity contribution in [3.8, 4) is 11.4 Å². The van der Waals surface area contributed by atoms with E-state index in [0.717, 1.165) is 11.4 Å². The summed E-state index contributed by atoms with van der Waals surface area (Å²) in [6.45, 7) is 13.4. The van der Waals surface area contributed by atoms with E-state index in [0.29, 0.717) is 0 Å². The van der Waals surface area contributed by atoms with E-state index in [4.69, 9.17) is 0 Å². The third-order valence-electron chi connectivity index (χ3n) is 2.82. The van der Waals surface area contributed by atoms with Crippen molar-refractivity contribution in [3.63, 3.8) is 0 Å². The van der Waals surface area contributed by atoms with Crippen molar-refractivity contribution in [2.24, 2.45) is 7.05 Å². The SMILES string of the molecule is Cn1n[n+]([Si](C)(C)C)[c-]c1-c1cn([Si](C)(C)C)nn1. The van der Waals surface area contributed by atoms with E-state index in [1.807, 2.05) is 26.6 Å². The van der Waals surface area contributed by atoms with Crippen LogP contribution >= 0.6 is 0 Å². The summed E-state index contributed by atoms with van der Waals surface area (Å²) in [5, 5.41) is 13.0. The fourth-order valence-corrected chi connectivity index (χ4v) is 3.27. The molecule has 0 amide bonds. The van der Waals surface area contributed by atoms with Crippen LogP contribution in [0.5, 0.6) is 0 Å². The summed E-state index contributed by atoms with van der Waals surface area (Å²) in [7, 11) is -1.09. The lowest BCUT2D eigenvalue weighted by Crippen LogP contribution is -2.59. The van der Waals surface area contributed by atoms with Gasteiger partial charge in [-0.15, -0.1) is 0 Å². The molecule has 0 N–H and O–H groups in total. The van der Waals surface area contributed by atoms with E-state index < -0.39 is 16.5 Å². The Hall–Kier alpha value is -1.29. The third-order valence-corrected chi connectivity index (χ3v) is 5.88. The van der Waals surface area contributed by atoms with Crippen LogP contribution in [0.2, 0.25) is 39.3 Å². The summed E-state index contributed by atoms with van der Waals surface area (Å²) < 4.78 is 5.80. The normalized spacial score (nSPS) is 13.0. The highest BCUT2D eigenvalue weighted by Crippen LogP contribution is 2.15. The average molecular weight is 295 g/mol. The molecule has 0 saturated carbocycles. The highest BCUT2D eigenvalue weighted by Gasteiger charge is 2.24. The Balaban J connectivity index is 2.43. The minimum Gasteiger partial charge on any atom is -0.300 e. The zero-order valence-electron chi connectivity index (χ0n) is 12.8. The number of aryl methyl sites for hydroxylation is 1. The van der Waals surface area contributed by atoms with Crippen LogP contribution in [0.3, 0.4) is 0 Å². The smallest absolute Gasteiger partial charge is 0.261 e. The van der Waals surface area contributed by atoms with Gasteiger partial charge in [0.05, 0.1) is 18.0 Å². The van der Waals surface area contributed by atoms with Crippen LogP contribution in [0, 0.1) is 6.20 Å². The quantitative estimate of drug-likeness (QED) is 0.630. The lowest BCUT2D eigenvalue weighted by Gasteiger charge is -2.15. The van der Waals surface area contributed by atoms with Crippen LogP contribution in [0.1, 0.15) is 0 Å². The second kappa shape index (κ2) is 4.37. The topological polar surface area (TPSA) is 52.4 Å². The molecule has 2 heterocycles. The molecule has 0 unspecified atom stereocenters. The minimum atomic E-state index is -1.52. The van der Waals surface area contributed by atoms with Crippen LogP contribution in [-0.2, 0) is 7.05 Å². The van der Waals surface area contributed by atoms with E-state index in [1.54, 1.807) is 0 Å². The molecule has 0 fully saturated rings. The molecule has 0 atom stereocenters. The van der Waals surface area contributed by atoms with E-state index in [1.165, 1.54) is 0 Å². The highest BCUT2D eigenvalue weighted by molar-refractivity contribution is 6.74. The molecule has 0 radical (unpaired) electrons. The summed E-state index contributed by atoms with van der Waals surface area (Å²) >= 11 is 0. The minimum absolute atomic E-state index is 0.842. The predicted molar refractivity (Wildman–Crippen MR) is 78.7 cm³/mol. The molecule has 0 aliphatic rings. The Kier molecular flexibility index (Phi) is 3.25. The van der Waals surface area contributed by atoms with Crippen molar-refractivity contribution in [2.75, 3.05) is 0 Å². The first-order chi connectivity index (χ1) is 8.59. The summed E-state index contributed by atoms with van der Waals surface area (Å²) in [6.07, 6.45) is 5.34. The molecule has 0 spiro atoms. The monoisotopic (exact) mass is 294 g/mol. The molecule has 0 bridgehead atoms. The molecule has 2 aromatic rings. The van der Waals surface area contributed by atoms with Gasteiger partial charge in [-0.1, -0.05) is 5.21 Å². The van der Waals surface area contributed by atoms with Gasteiger partial charge in [-0.3, -0.25) is 4.35 Å². The van der Waals surface area contributed by atoms with Gasteiger partial charge in [-0.2, -0.15) is 4.68 Å². The molecule has 2 aromatic heterocycles. The fraction of sp³-hybridized carbons (Fsp3) is 0.636. The predicted octanol–water partition coefficient (Wildman–Crippen LogP) is 1.13. The lowest BCUT2D eigenvalue weighted by atomic mass is 10.4. The van der Waals surface area contributed by atoms with Gasteiger partial charge in [0.15, 0.2) is 8.24 Å². The summed E-state index contributed by atoms with van der Waals surface area (Å²) in [4.78, 5) is 0. The summed E-state index contributed by atoms with van der Waals surface area (Å²) in [5.41, 5.74) is 1.74. The Morgan fingerprint density at radius 3 is 2.21 bits per heavy atom. The van der Waals surface area contributed by atoms with Crippen LogP contribution < -0.4 is 4.35 Å². The number of nitrogens with zero attached hydrogens (tertiary/aromatic N) is 6. The van der Waals surface area contributed by atoms with Gasteiger partial charge in [0.1, 0.15) is 0 Å². The van der Waals surface area contributed by atoms with Crippen molar-refractivity contribution in [1.82, 2.24) is 24.6 Å². The maximum Gasteiger partial charge on any atom is 0.261 e. The van der Waals surface area contributed by atoms with Crippen LogP contribution in [0.15, 0.2) is 6.20 Å². The van der Waals surface area contributed by atoms with E-state index in [-0.39, 0.29) is 0 Å². The van der Waals surface area contributed by atoms with Gasteiger partial charge in [-0.05, 0) is 45.5 Å². The zero-order chi connectivity index (χ0) is 14.4. The molecule has 19 heavy (non-hydrogen) atoms. The molecule has 0 saturated heterocycles. The van der Waals surface area contributed by atoms with E-state index in [9.17, 15) is 0 Å². The number of hydrogen-bond donors (Lipinski definition) is 0. The molecule has 8 heteroatoms. The molecule has 2 rings (SSSR count). The second-order valence-corrected chi connectivity index (χ2v) is 16.3. The third kappa shape index (κ3) is 2.84. The zero-order valence-corrected chi connectivity index (χ0v) is 14.8.